The van der Waals surface area contributed by atoms with E-state index in [2.05, 4.69) is 52.8 Å². The number of amides is 15. The molecule has 1 fully saturated rings. The first-order valence-corrected chi connectivity index (χ1v) is 44.0. The molecule has 36 nitrogen and oxygen atoms in total. The van der Waals surface area contributed by atoms with Crippen molar-refractivity contribution in [2.24, 2.45) is 17.6 Å². The number of aromatic amines is 1. The SMILES string of the molecule is CCCCC1C(=O)N(C)CC(=O)NC(CC(=O)O)C(=O)NC(C(C)C)C(=O)N(C)C(Cc2ccccc2)C(=O)NC(Cc2ccc(O)cc2)C(=O)N(C)CC(=O)NC(Cc2c[nH]c3ccccc23)C(=O)NC(Cc2ccc(O)cc2)C(=O)NC(CC(C)C)C(=O)NC(C(=O)NCC(N)=O)CSCC(=O)NC(Cc2ccc(O)cc2)C(=O)N(C)C(Cc2ccccc2)C(=O)N1C. The van der Waals surface area contributed by atoms with Crippen LogP contribution in [0.2, 0.25) is 0 Å². The normalized spacial score (nSPS) is 21.8. The number of hydrogen-bond donors (Lipinski definition) is 15. The van der Waals surface area contributed by atoms with Crippen molar-refractivity contribution >= 4 is 117 Å². The number of carbonyl (C=O) groups is 16. The van der Waals surface area contributed by atoms with Crippen molar-refractivity contribution in [1.29, 1.82) is 0 Å². The van der Waals surface area contributed by atoms with E-state index in [0.717, 1.165) is 36.3 Å². The number of H-pyrrole nitrogens is 1. The number of fused-ring (bicyclic) bond motifs is 1. The van der Waals surface area contributed by atoms with Gasteiger partial charge in [0.05, 0.1) is 31.8 Å². The van der Waals surface area contributed by atoms with Gasteiger partial charge in [0.15, 0.2) is 0 Å². The molecule has 37 heteroatoms. The van der Waals surface area contributed by atoms with Crippen LogP contribution in [0.5, 0.6) is 17.2 Å². The van der Waals surface area contributed by atoms with Gasteiger partial charge in [-0.2, -0.15) is 0 Å². The summed E-state index contributed by atoms with van der Waals surface area (Å²) in [5.41, 5.74) is 8.90. The molecule has 11 atom stereocenters. The van der Waals surface area contributed by atoms with Gasteiger partial charge in [-0.05, 0) is 101 Å². The minimum absolute atomic E-state index is 0.00892. The molecule has 16 N–H and O–H groups in total. The van der Waals surface area contributed by atoms with E-state index in [1.165, 1.54) is 108 Å². The zero-order valence-electron chi connectivity index (χ0n) is 74.5. The Morgan fingerprint density at radius 2 is 0.892 bits per heavy atom. The Morgan fingerprint density at radius 3 is 1.42 bits per heavy atom. The lowest BCUT2D eigenvalue weighted by atomic mass is 9.98. The number of aliphatic carboxylic acids is 1. The molecule has 6 aromatic carbocycles. The summed E-state index contributed by atoms with van der Waals surface area (Å²) in [5.74, 6) is -18.0. The van der Waals surface area contributed by atoms with Crippen molar-refractivity contribution in [3.8, 4) is 17.2 Å². The van der Waals surface area contributed by atoms with Crippen molar-refractivity contribution in [3.05, 3.63) is 197 Å². The average Bonchev–Trinajstić information content (AvgIpc) is 1.33. The molecule has 0 radical (unpaired) electrons. The molecule has 0 bridgehead atoms. The summed E-state index contributed by atoms with van der Waals surface area (Å²) in [5, 5.41) is 65.8. The number of nitrogens with zero attached hydrogens (tertiary/aromatic N) is 5. The van der Waals surface area contributed by atoms with Crippen LogP contribution in [-0.4, -0.2) is 277 Å². The maximum Gasteiger partial charge on any atom is 0.305 e. The molecule has 2 heterocycles. The zero-order chi connectivity index (χ0) is 95.2. The van der Waals surface area contributed by atoms with Gasteiger partial charge in [-0.3, -0.25) is 76.7 Å². The Labute approximate surface area is 758 Å². The van der Waals surface area contributed by atoms with Crippen LogP contribution >= 0.6 is 11.8 Å². The number of benzene rings is 6. The van der Waals surface area contributed by atoms with Gasteiger partial charge >= 0.3 is 5.97 Å². The summed E-state index contributed by atoms with van der Waals surface area (Å²) < 4.78 is 0. The van der Waals surface area contributed by atoms with Gasteiger partial charge in [0.1, 0.15) is 83.7 Å². The Bertz CT molecular complexity index is 5120. The summed E-state index contributed by atoms with van der Waals surface area (Å²) in [7, 11) is 6.45. The third kappa shape index (κ3) is 30.4. The van der Waals surface area contributed by atoms with Crippen LogP contribution in [0.15, 0.2) is 164 Å². The van der Waals surface area contributed by atoms with Gasteiger partial charge in [-0.25, -0.2) is 0 Å². The maximum absolute atomic E-state index is 15.5. The lowest BCUT2D eigenvalue weighted by molar-refractivity contribution is -0.151. The molecule has 1 saturated heterocycles. The number of thioether (sulfide) groups is 1. The van der Waals surface area contributed by atoms with Crippen molar-refractivity contribution in [3.63, 3.8) is 0 Å². The summed E-state index contributed by atoms with van der Waals surface area (Å²) in [4.78, 5) is 243. The second-order valence-electron chi connectivity index (χ2n) is 33.2. The summed E-state index contributed by atoms with van der Waals surface area (Å²) in [6, 6.07) is 23.9. The number of likely N-dealkylation sites (N-methyl/N-ethyl adjacent to an activating group) is 5. The fourth-order valence-corrected chi connectivity index (χ4v) is 15.8. The molecule has 7 aromatic rings. The van der Waals surface area contributed by atoms with Crippen LogP contribution < -0.4 is 53.6 Å². The number of carboxylic acid groups (broad SMARTS) is 1. The molecule has 696 valence electrons. The largest absolute Gasteiger partial charge is 0.508 e. The van der Waals surface area contributed by atoms with E-state index in [4.69, 9.17) is 5.73 Å². The highest BCUT2D eigenvalue weighted by atomic mass is 32.2. The number of rotatable bonds is 23. The maximum atomic E-state index is 15.5. The Morgan fingerprint density at radius 1 is 0.454 bits per heavy atom. The van der Waals surface area contributed by atoms with Crippen LogP contribution in [0.3, 0.4) is 0 Å². The molecular weight excluding hydrogens is 1690 g/mol. The second kappa shape index (κ2) is 48.9. The monoisotopic (exact) mass is 1810 g/mol. The number of phenols is 3. The first kappa shape index (κ1) is 102. The van der Waals surface area contributed by atoms with E-state index >= 15 is 38.4 Å². The smallest absolute Gasteiger partial charge is 0.305 e. The molecule has 1 aliphatic rings. The number of aromatic hydroxyl groups is 3. The Kier molecular flexibility index (Phi) is 38.2. The van der Waals surface area contributed by atoms with Crippen molar-refractivity contribution in [2.45, 2.75) is 172 Å². The van der Waals surface area contributed by atoms with Crippen molar-refractivity contribution < 1.29 is 97.1 Å². The molecular formula is C93H118N16O20S. The van der Waals surface area contributed by atoms with Gasteiger partial charge in [-0.1, -0.05) is 163 Å². The number of para-hydroxylation sites is 1. The van der Waals surface area contributed by atoms with Gasteiger partial charge in [0, 0.05) is 96.6 Å². The number of unbranched alkanes of at least 4 members (excludes halogenated alkanes) is 1. The van der Waals surface area contributed by atoms with E-state index in [-0.39, 0.29) is 74.5 Å². The predicted octanol–water partition coefficient (Wildman–Crippen LogP) is 2.03. The molecule has 0 saturated carbocycles. The first-order valence-electron chi connectivity index (χ1n) is 42.8. The molecule has 1 aliphatic heterocycles. The highest BCUT2D eigenvalue weighted by molar-refractivity contribution is 8.00. The fraction of sp³-hybridized carbons (Fsp3) is 0.419. The number of carboxylic acids is 1. The van der Waals surface area contributed by atoms with Crippen LogP contribution in [0.25, 0.3) is 10.9 Å². The number of aromatic nitrogens is 1. The minimum Gasteiger partial charge on any atom is -0.508 e. The van der Waals surface area contributed by atoms with Gasteiger partial charge in [0.2, 0.25) is 88.6 Å². The summed E-state index contributed by atoms with van der Waals surface area (Å²) in [6.07, 6.45) is -0.168. The quantitative estimate of drug-likeness (QED) is 0.0436. The topological polar surface area (TPSA) is 520 Å². The fourth-order valence-electron chi connectivity index (χ4n) is 15.0. The highest BCUT2D eigenvalue weighted by Gasteiger charge is 2.42. The van der Waals surface area contributed by atoms with Crippen LogP contribution in [0.4, 0.5) is 0 Å². The average molecular weight is 1810 g/mol. The third-order valence-electron chi connectivity index (χ3n) is 22.2. The standard InChI is InChI=1S/C93H118N16O20S/c1-11-12-27-74-91(127)106(7)51-79(115)98-70(47-81(117)118)87(123)104-82(55(4)5)93(129)108(9)75(44-56-21-15-13-16-22-56)88(124)102-71(42-59-30-36-63(111)37-31-59)89(125)105(6)50-78(114)97-69(46-61-48-95-66-26-20-19-25-65(61)66)86(122)101-68(41-58-28-34-62(110)35-29-58)85(121)100-67(40-54(2)3)84(120)103-73(83(119)96-49-77(94)113)52-130-53-80(116)99-72(43-60-32-38-64(112)39-33-60)90(126)109(10)76(92(128)107(74)8)45-57-23-17-14-18-24-57/h13-26,28-39,48,54-55,67-76,82,95,110-112H,11-12,27,40-47,49-53H2,1-10H3,(H2,94,113)(H,96,119)(H,97,114)(H,98,115)(H,99,116)(H,100,121)(H,101,122)(H,102,124)(H,103,120)(H,104,123)(H,117,118). The lowest BCUT2D eigenvalue weighted by Crippen LogP contribution is -2.61. The van der Waals surface area contributed by atoms with E-state index in [1.807, 2.05) is 6.92 Å². The first-order chi connectivity index (χ1) is 61.8. The van der Waals surface area contributed by atoms with E-state index in [9.17, 15) is 58.8 Å². The Balaban J connectivity index is 1.22. The summed E-state index contributed by atoms with van der Waals surface area (Å²) >= 11 is 0.798. The second-order valence-corrected chi connectivity index (χ2v) is 34.3. The number of phenolic OH excluding ortho intramolecular Hbond substituents is 3. The number of nitrogens with two attached hydrogens (primary N) is 1. The van der Waals surface area contributed by atoms with Gasteiger partial charge in [0.25, 0.3) is 0 Å². The minimum atomic E-state index is -1.92. The number of carbonyl (C=O) groups excluding carboxylic acids is 15. The molecule has 130 heavy (non-hydrogen) atoms. The Hall–Kier alpha value is -13.9. The van der Waals surface area contributed by atoms with Gasteiger partial charge in [-0.15, -0.1) is 11.8 Å². The molecule has 0 spiro atoms. The highest BCUT2D eigenvalue weighted by Crippen LogP contribution is 2.25. The van der Waals surface area contributed by atoms with E-state index < -0.39 is 205 Å². The van der Waals surface area contributed by atoms with Gasteiger partial charge < -0.3 is 103 Å². The third-order valence-corrected chi connectivity index (χ3v) is 23.2. The molecule has 15 amide bonds. The van der Waals surface area contributed by atoms with Crippen molar-refractivity contribution in [2.75, 3.05) is 66.4 Å². The van der Waals surface area contributed by atoms with Crippen LogP contribution in [-0.2, 0) is 115 Å². The van der Waals surface area contributed by atoms with E-state index in [1.54, 1.807) is 119 Å². The van der Waals surface area contributed by atoms with E-state index in [0.29, 0.717) is 57.1 Å². The number of primary amides is 1. The zero-order valence-corrected chi connectivity index (χ0v) is 75.3. The van der Waals surface area contributed by atoms with Crippen molar-refractivity contribution in [1.82, 2.24) is 77.3 Å². The molecule has 8 rings (SSSR count). The lowest BCUT2D eigenvalue weighted by Gasteiger charge is -2.37. The predicted molar refractivity (Wildman–Crippen MR) is 484 cm³/mol. The summed E-state index contributed by atoms with van der Waals surface area (Å²) in [6.45, 7) is 6.09. The molecule has 0 aliphatic carbocycles. The number of nitrogens with one attached hydrogen (secondary N) is 10. The molecule has 1 aromatic heterocycles. The van der Waals surface area contributed by atoms with Crippen LogP contribution in [0, 0.1) is 11.8 Å². The number of hydrogen-bond acceptors (Lipinski definition) is 20. The molecule has 11 unspecified atom stereocenters. The van der Waals surface area contributed by atoms with Crippen LogP contribution in [0.1, 0.15) is 100 Å².